The van der Waals surface area contributed by atoms with E-state index >= 15 is 0 Å². The summed E-state index contributed by atoms with van der Waals surface area (Å²) in [5, 5.41) is 7.10. The molecule has 2 unspecified atom stereocenters. The highest BCUT2D eigenvalue weighted by Crippen LogP contribution is 2.20. The molecule has 0 spiro atoms. The first-order valence-corrected chi connectivity index (χ1v) is 10.5. The summed E-state index contributed by atoms with van der Waals surface area (Å²) in [6.45, 7) is 5.01. The van der Waals surface area contributed by atoms with Crippen molar-refractivity contribution in [1.82, 2.24) is 25.1 Å². The van der Waals surface area contributed by atoms with Gasteiger partial charge in [-0.15, -0.1) is 0 Å². The topological polar surface area (TPSA) is 57.5 Å². The van der Waals surface area contributed by atoms with Crippen molar-refractivity contribution in [2.75, 3.05) is 13.6 Å². The van der Waals surface area contributed by atoms with Gasteiger partial charge in [-0.2, -0.15) is 0 Å². The van der Waals surface area contributed by atoms with Crippen LogP contribution >= 0.6 is 0 Å². The minimum atomic E-state index is 0.388. The van der Waals surface area contributed by atoms with Crippen molar-refractivity contribution in [3.8, 4) is 5.69 Å². The number of rotatable bonds is 6. The monoisotopic (exact) mass is 402 g/mol. The zero-order valence-electron chi connectivity index (χ0n) is 17.7. The normalized spacial score (nSPS) is 19.7. The lowest BCUT2D eigenvalue weighted by Crippen LogP contribution is -2.44. The summed E-state index contributed by atoms with van der Waals surface area (Å²) in [5.41, 5.74) is 3.69. The van der Waals surface area contributed by atoms with E-state index in [9.17, 15) is 0 Å². The van der Waals surface area contributed by atoms with Gasteiger partial charge < -0.3 is 15.2 Å². The highest BCUT2D eigenvalue weighted by molar-refractivity contribution is 5.80. The van der Waals surface area contributed by atoms with E-state index in [0.717, 1.165) is 31.2 Å². The number of aromatic nitrogens is 2. The molecule has 0 bridgehead atoms. The van der Waals surface area contributed by atoms with Crippen LogP contribution in [0.3, 0.4) is 0 Å². The lowest BCUT2D eigenvalue weighted by Gasteiger charge is -2.21. The first-order chi connectivity index (χ1) is 14.7. The fourth-order valence-electron chi connectivity index (χ4n) is 4.12. The molecule has 0 saturated carbocycles. The molecule has 1 aliphatic rings. The largest absolute Gasteiger partial charge is 0.352 e. The van der Waals surface area contributed by atoms with Crippen LogP contribution in [0.1, 0.15) is 24.5 Å². The second kappa shape index (κ2) is 9.59. The highest BCUT2D eigenvalue weighted by Gasteiger charge is 2.29. The van der Waals surface area contributed by atoms with E-state index in [1.54, 1.807) is 6.20 Å². The molecule has 4 rings (SSSR count). The molecular formula is C24H30N6. The van der Waals surface area contributed by atoms with Gasteiger partial charge in [-0.25, -0.2) is 4.98 Å². The van der Waals surface area contributed by atoms with Crippen LogP contribution in [-0.4, -0.2) is 46.1 Å². The molecule has 2 aromatic carbocycles. The van der Waals surface area contributed by atoms with Crippen LogP contribution in [0.15, 0.2) is 78.3 Å². The van der Waals surface area contributed by atoms with Gasteiger partial charge in [0.1, 0.15) is 0 Å². The molecule has 6 heteroatoms. The summed E-state index contributed by atoms with van der Waals surface area (Å²) in [6.07, 6.45) is 6.70. The molecule has 1 saturated heterocycles. The molecule has 2 atom stereocenters. The van der Waals surface area contributed by atoms with Crippen molar-refractivity contribution >= 4 is 5.96 Å². The average molecular weight is 403 g/mol. The second-order valence-corrected chi connectivity index (χ2v) is 7.87. The van der Waals surface area contributed by atoms with Crippen LogP contribution in [-0.2, 0) is 13.1 Å². The predicted octanol–water partition coefficient (Wildman–Crippen LogP) is 3.20. The van der Waals surface area contributed by atoms with Crippen LogP contribution in [0.5, 0.6) is 0 Å². The number of imidazole rings is 1. The molecule has 2 heterocycles. The van der Waals surface area contributed by atoms with Crippen molar-refractivity contribution in [3.63, 3.8) is 0 Å². The number of aliphatic imine (C=N–C) groups is 1. The standard InChI is InChI=1S/C24H30N6/c1-19-14-22(17-30(19)16-20-8-4-3-5-9-20)28-24(25-2)27-15-21-10-6-7-11-23(21)29-13-12-26-18-29/h3-13,18-19,22H,14-17H2,1-2H3,(H2,25,27,28). The average Bonchev–Trinajstić information content (AvgIpc) is 3.42. The van der Waals surface area contributed by atoms with Gasteiger partial charge >= 0.3 is 0 Å². The van der Waals surface area contributed by atoms with Crippen molar-refractivity contribution in [1.29, 1.82) is 0 Å². The van der Waals surface area contributed by atoms with Crippen molar-refractivity contribution in [2.45, 2.75) is 38.5 Å². The first-order valence-electron chi connectivity index (χ1n) is 10.5. The molecule has 1 fully saturated rings. The van der Waals surface area contributed by atoms with E-state index in [-0.39, 0.29) is 0 Å². The molecule has 30 heavy (non-hydrogen) atoms. The summed E-state index contributed by atoms with van der Waals surface area (Å²) in [5.74, 6) is 0.842. The number of benzene rings is 2. The van der Waals surface area contributed by atoms with E-state index in [1.165, 1.54) is 11.1 Å². The van der Waals surface area contributed by atoms with Crippen molar-refractivity contribution in [2.24, 2.45) is 4.99 Å². The van der Waals surface area contributed by atoms with Crippen LogP contribution in [0.4, 0.5) is 0 Å². The van der Waals surface area contributed by atoms with Crippen LogP contribution < -0.4 is 10.6 Å². The second-order valence-electron chi connectivity index (χ2n) is 7.87. The van der Waals surface area contributed by atoms with Gasteiger partial charge in [0.2, 0.25) is 0 Å². The summed E-state index contributed by atoms with van der Waals surface area (Å²) in [7, 11) is 1.83. The number of nitrogens with one attached hydrogen (secondary N) is 2. The summed E-state index contributed by atoms with van der Waals surface area (Å²) < 4.78 is 2.04. The number of nitrogens with zero attached hydrogens (tertiary/aromatic N) is 4. The van der Waals surface area contributed by atoms with E-state index in [0.29, 0.717) is 18.6 Å². The van der Waals surface area contributed by atoms with Crippen molar-refractivity contribution < 1.29 is 0 Å². The van der Waals surface area contributed by atoms with Crippen molar-refractivity contribution in [3.05, 3.63) is 84.4 Å². The Morgan fingerprint density at radius 1 is 1.13 bits per heavy atom. The molecule has 0 aliphatic carbocycles. The highest BCUT2D eigenvalue weighted by atomic mass is 15.3. The molecule has 0 radical (unpaired) electrons. The predicted molar refractivity (Wildman–Crippen MR) is 122 cm³/mol. The minimum Gasteiger partial charge on any atom is -0.352 e. The quantitative estimate of drug-likeness (QED) is 0.491. The van der Waals surface area contributed by atoms with Crippen LogP contribution in [0.25, 0.3) is 5.69 Å². The molecule has 6 nitrogen and oxygen atoms in total. The number of guanidine groups is 1. The maximum Gasteiger partial charge on any atom is 0.191 e. The fraction of sp³-hybridized carbons (Fsp3) is 0.333. The van der Waals surface area contributed by atoms with Gasteiger partial charge in [0, 0.05) is 51.2 Å². The van der Waals surface area contributed by atoms with E-state index in [2.05, 4.69) is 81.0 Å². The molecule has 2 N–H and O–H groups in total. The first kappa shape index (κ1) is 20.2. The van der Waals surface area contributed by atoms with E-state index in [4.69, 9.17) is 0 Å². The number of para-hydroxylation sites is 1. The number of likely N-dealkylation sites (tertiary alicyclic amines) is 1. The Balaban J connectivity index is 1.34. The minimum absolute atomic E-state index is 0.388. The van der Waals surface area contributed by atoms with Gasteiger partial charge in [-0.3, -0.25) is 9.89 Å². The summed E-state index contributed by atoms with van der Waals surface area (Å²) >= 11 is 0. The molecule has 1 aromatic heterocycles. The Hall–Kier alpha value is -3.12. The molecule has 0 amide bonds. The third kappa shape index (κ3) is 4.89. The molecule has 1 aliphatic heterocycles. The summed E-state index contributed by atoms with van der Waals surface area (Å²) in [6, 6.07) is 20.0. The SMILES string of the molecule is CN=C(NCc1ccccc1-n1ccnc1)NC1CC(C)N(Cc2ccccc2)C1. The lowest BCUT2D eigenvalue weighted by atomic mass is 10.1. The molecule has 3 aromatic rings. The van der Waals surface area contributed by atoms with Crippen LogP contribution in [0.2, 0.25) is 0 Å². The van der Waals surface area contributed by atoms with E-state index < -0.39 is 0 Å². The lowest BCUT2D eigenvalue weighted by molar-refractivity contribution is 0.258. The zero-order valence-corrected chi connectivity index (χ0v) is 17.7. The zero-order chi connectivity index (χ0) is 20.8. The van der Waals surface area contributed by atoms with Gasteiger partial charge in [0.05, 0.1) is 12.0 Å². The Kier molecular flexibility index (Phi) is 6.44. The summed E-state index contributed by atoms with van der Waals surface area (Å²) in [4.78, 5) is 11.2. The Bertz CT molecular complexity index is 951. The van der Waals surface area contributed by atoms with E-state index in [1.807, 2.05) is 30.2 Å². The smallest absolute Gasteiger partial charge is 0.191 e. The van der Waals surface area contributed by atoms with Gasteiger partial charge in [-0.05, 0) is 30.5 Å². The third-order valence-electron chi connectivity index (χ3n) is 5.72. The third-order valence-corrected chi connectivity index (χ3v) is 5.72. The van der Waals surface area contributed by atoms with Gasteiger partial charge in [0.15, 0.2) is 5.96 Å². The van der Waals surface area contributed by atoms with Gasteiger partial charge in [0.25, 0.3) is 0 Å². The maximum atomic E-state index is 4.45. The molecule has 156 valence electrons. The number of hydrogen-bond donors (Lipinski definition) is 2. The maximum absolute atomic E-state index is 4.45. The Morgan fingerprint density at radius 2 is 1.93 bits per heavy atom. The fourth-order valence-corrected chi connectivity index (χ4v) is 4.12. The Morgan fingerprint density at radius 3 is 2.70 bits per heavy atom. The molecular weight excluding hydrogens is 372 g/mol. The van der Waals surface area contributed by atoms with Gasteiger partial charge in [-0.1, -0.05) is 48.5 Å². The Labute approximate surface area is 178 Å². The number of hydrogen-bond acceptors (Lipinski definition) is 3. The van der Waals surface area contributed by atoms with Crippen LogP contribution in [0, 0.1) is 0 Å².